The summed E-state index contributed by atoms with van der Waals surface area (Å²) in [6.45, 7) is 3.86. The molecule has 30 heavy (non-hydrogen) atoms. The van der Waals surface area contributed by atoms with Crippen molar-refractivity contribution in [3.05, 3.63) is 68.9 Å². The Bertz CT molecular complexity index is 1190. The molecule has 0 aromatic carbocycles. The third-order valence-corrected chi connectivity index (χ3v) is 5.14. The Hall–Kier alpha value is -3.56. The Morgan fingerprint density at radius 1 is 1.17 bits per heavy atom. The molecule has 4 rings (SSSR count). The van der Waals surface area contributed by atoms with Gasteiger partial charge in [0.2, 0.25) is 5.91 Å². The highest BCUT2D eigenvalue weighted by atomic mass is 16.2. The first-order valence-corrected chi connectivity index (χ1v) is 9.90. The summed E-state index contributed by atoms with van der Waals surface area (Å²) in [7, 11) is 0. The Labute approximate surface area is 172 Å². The van der Waals surface area contributed by atoms with Gasteiger partial charge in [-0.3, -0.25) is 19.0 Å². The number of rotatable bonds is 7. The van der Waals surface area contributed by atoms with E-state index >= 15 is 0 Å². The van der Waals surface area contributed by atoms with Crippen LogP contribution in [0.3, 0.4) is 0 Å². The minimum atomic E-state index is -0.749. The van der Waals surface area contributed by atoms with Crippen LogP contribution in [0, 0.1) is 6.92 Å². The van der Waals surface area contributed by atoms with Crippen LogP contribution in [0.15, 0.2) is 46.2 Å². The zero-order valence-corrected chi connectivity index (χ0v) is 16.9. The number of hydrogen-bond donors (Lipinski definition) is 1. The lowest BCUT2D eigenvalue weighted by atomic mass is 10.2. The van der Waals surface area contributed by atoms with Gasteiger partial charge in [0.05, 0.1) is 12.2 Å². The summed E-state index contributed by atoms with van der Waals surface area (Å²) in [5, 5.41) is 11.4. The van der Waals surface area contributed by atoms with Gasteiger partial charge in [-0.15, -0.1) is 0 Å². The number of aryl methyl sites for hydroxylation is 1. The van der Waals surface area contributed by atoms with Gasteiger partial charge in [-0.05, 0) is 38.8 Å². The van der Waals surface area contributed by atoms with E-state index < -0.39 is 6.04 Å². The molecule has 3 aromatic heterocycles. The van der Waals surface area contributed by atoms with E-state index in [4.69, 9.17) is 0 Å². The highest BCUT2D eigenvalue weighted by Gasteiger charge is 2.27. The molecule has 0 aliphatic heterocycles. The summed E-state index contributed by atoms with van der Waals surface area (Å²) in [6, 6.07) is 5.49. The first kappa shape index (κ1) is 19.7. The fourth-order valence-corrected chi connectivity index (χ4v) is 3.21. The summed E-state index contributed by atoms with van der Waals surface area (Å²) < 4.78 is 4.27. The molecule has 1 fully saturated rings. The molecule has 1 saturated carbocycles. The van der Waals surface area contributed by atoms with Crippen LogP contribution in [0.4, 0.5) is 0 Å². The van der Waals surface area contributed by atoms with Gasteiger partial charge in [0, 0.05) is 37.0 Å². The van der Waals surface area contributed by atoms with Gasteiger partial charge in [0.15, 0.2) is 5.82 Å². The van der Waals surface area contributed by atoms with Crippen molar-refractivity contribution in [2.45, 2.75) is 45.2 Å². The topological polar surface area (TPSA) is 117 Å². The van der Waals surface area contributed by atoms with E-state index in [0.717, 1.165) is 24.4 Å². The Balaban J connectivity index is 1.41. The highest BCUT2D eigenvalue weighted by Crippen LogP contribution is 2.38. The van der Waals surface area contributed by atoms with Crippen molar-refractivity contribution in [2.75, 3.05) is 6.54 Å². The molecule has 1 N–H and O–H groups in total. The first-order chi connectivity index (χ1) is 14.4. The zero-order valence-electron chi connectivity index (χ0n) is 16.9. The van der Waals surface area contributed by atoms with E-state index in [-0.39, 0.29) is 30.1 Å². The second kappa shape index (κ2) is 8.05. The van der Waals surface area contributed by atoms with Gasteiger partial charge >= 0.3 is 0 Å². The predicted octanol–water partition coefficient (Wildman–Crippen LogP) is 0.549. The second-order valence-corrected chi connectivity index (χ2v) is 7.38. The molecule has 1 aliphatic rings. The second-order valence-electron chi connectivity index (χ2n) is 7.38. The summed E-state index contributed by atoms with van der Waals surface area (Å²) >= 11 is 0. The standard InChI is InChI=1S/C20H23N7O3/c1-13(27-19(29)7-5-16(23-27)15-3-4-15)20(30)22-10-12-26-18(28)8-6-17(24-26)25-11-9-21-14(25)2/h5-9,11,13,15H,3-4,10,12H2,1-2H3,(H,22,30). The maximum Gasteiger partial charge on any atom is 0.267 e. The number of carbonyl (C=O) groups is 1. The normalized spacial score (nSPS) is 14.5. The molecular weight excluding hydrogens is 386 g/mol. The van der Waals surface area contributed by atoms with Crippen molar-refractivity contribution in [1.82, 2.24) is 34.4 Å². The molecule has 156 valence electrons. The summed E-state index contributed by atoms with van der Waals surface area (Å²) in [6.07, 6.45) is 5.54. The molecule has 1 unspecified atom stereocenters. The monoisotopic (exact) mass is 409 g/mol. The van der Waals surface area contributed by atoms with Crippen LogP contribution in [0.1, 0.15) is 43.2 Å². The van der Waals surface area contributed by atoms with Crippen molar-refractivity contribution >= 4 is 5.91 Å². The van der Waals surface area contributed by atoms with E-state index in [9.17, 15) is 14.4 Å². The molecule has 1 amide bonds. The molecule has 10 heteroatoms. The Kier molecular flexibility index (Phi) is 5.30. The largest absolute Gasteiger partial charge is 0.352 e. The molecular formula is C20H23N7O3. The molecule has 0 spiro atoms. The van der Waals surface area contributed by atoms with Crippen molar-refractivity contribution in [1.29, 1.82) is 0 Å². The van der Waals surface area contributed by atoms with Crippen molar-refractivity contribution in [3.63, 3.8) is 0 Å². The lowest BCUT2D eigenvalue weighted by Gasteiger charge is -2.15. The van der Waals surface area contributed by atoms with Gasteiger partial charge < -0.3 is 5.32 Å². The fourth-order valence-electron chi connectivity index (χ4n) is 3.21. The van der Waals surface area contributed by atoms with Crippen LogP contribution in [0.2, 0.25) is 0 Å². The molecule has 10 nitrogen and oxygen atoms in total. The van der Waals surface area contributed by atoms with Crippen LogP contribution in [-0.4, -0.2) is 41.6 Å². The molecule has 0 radical (unpaired) electrons. The summed E-state index contributed by atoms with van der Waals surface area (Å²) in [5.74, 6) is 1.36. The third-order valence-electron chi connectivity index (χ3n) is 5.14. The van der Waals surface area contributed by atoms with Gasteiger partial charge in [0.1, 0.15) is 11.9 Å². The molecule has 3 heterocycles. The zero-order chi connectivity index (χ0) is 21.3. The Morgan fingerprint density at radius 3 is 2.63 bits per heavy atom. The minimum Gasteiger partial charge on any atom is -0.352 e. The molecule has 1 atom stereocenters. The van der Waals surface area contributed by atoms with E-state index in [1.165, 1.54) is 21.5 Å². The van der Waals surface area contributed by atoms with E-state index in [0.29, 0.717) is 11.7 Å². The number of nitrogens with one attached hydrogen (secondary N) is 1. The van der Waals surface area contributed by atoms with Crippen LogP contribution in [0.5, 0.6) is 0 Å². The summed E-state index contributed by atoms with van der Waals surface area (Å²) in [4.78, 5) is 40.9. The molecule has 1 aliphatic carbocycles. The number of nitrogens with zero attached hydrogens (tertiary/aromatic N) is 6. The average Bonchev–Trinajstić information content (AvgIpc) is 3.50. The minimum absolute atomic E-state index is 0.194. The maximum atomic E-state index is 12.5. The van der Waals surface area contributed by atoms with E-state index in [1.807, 2.05) is 6.92 Å². The van der Waals surface area contributed by atoms with E-state index in [1.54, 1.807) is 36.0 Å². The van der Waals surface area contributed by atoms with E-state index in [2.05, 4.69) is 20.5 Å². The smallest absolute Gasteiger partial charge is 0.267 e. The number of hydrogen-bond acceptors (Lipinski definition) is 6. The van der Waals surface area contributed by atoms with Gasteiger partial charge in [-0.25, -0.2) is 14.3 Å². The predicted molar refractivity (Wildman–Crippen MR) is 109 cm³/mol. The number of amides is 1. The lowest BCUT2D eigenvalue weighted by molar-refractivity contribution is -0.124. The SMILES string of the molecule is Cc1nccn1-c1ccc(=O)n(CCNC(=O)C(C)n2nc(C3CC3)ccc2=O)n1. The lowest BCUT2D eigenvalue weighted by Crippen LogP contribution is -2.39. The van der Waals surface area contributed by atoms with Gasteiger partial charge in [-0.1, -0.05) is 0 Å². The number of carbonyl (C=O) groups excluding carboxylic acids is 1. The quantitative estimate of drug-likeness (QED) is 0.609. The fraction of sp³-hybridized carbons (Fsp3) is 0.400. The summed E-state index contributed by atoms with van der Waals surface area (Å²) in [5.41, 5.74) is 0.258. The maximum absolute atomic E-state index is 12.5. The Morgan fingerprint density at radius 2 is 1.93 bits per heavy atom. The highest BCUT2D eigenvalue weighted by molar-refractivity contribution is 5.79. The third kappa shape index (κ3) is 4.07. The van der Waals surface area contributed by atoms with Gasteiger partial charge in [0.25, 0.3) is 11.1 Å². The van der Waals surface area contributed by atoms with Crippen LogP contribution >= 0.6 is 0 Å². The van der Waals surface area contributed by atoms with Crippen molar-refractivity contribution < 1.29 is 4.79 Å². The molecule has 0 bridgehead atoms. The average molecular weight is 409 g/mol. The van der Waals surface area contributed by atoms with Crippen molar-refractivity contribution in [3.8, 4) is 5.82 Å². The molecule has 0 saturated heterocycles. The molecule has 3 aromatic rings. The van der Waals surface area contributed by atoms with Crippen LogP contribution in [0.25, 0.3) is 5.82 Å². The van der Waals surface area contributed by atoms with Crippen LogP contribution < -0.4 is 16.4 Å². The van der Waals surface area contributed by atoms with Crippen molar-refractivity contribution in [2.24, 2.45) is 0 Å². The van der Waals surface area contributed by atoms with Crippen LogP contribution in [-0.2, 0) is 11.3 Å². The first-order valence-electron chi connectivity index (χ1n) is 9.90. The number of aromatic nitrogens is 6. The number of imidazole rings is 1. The van der Waals surface area contributed by atoms with Gasteiger partial charge in [-0.2, -0.15) is 10.2 Å².